The van der Waals surface area contributed by atoms with E-state index in [-0.39, 0.29) is 5.83 Å². The SMILES string of the molecule is CC(F)=C(B1OC(C)(C)C(C)(C)O1)c1ccsc1C. The first-order chi connectivity index (χ1) is 8.66. The van der Waals surface area contributed by atoms with E-state index in [1.807, 2.05) is 46.1 Å². The molecular formula is C14H20BFO2S. The van der Waals surface area contributed by atoms with Gasteiger partial charge in [-0.05, 0) is 58.6 Å². The highest BCUT2D eigenvalue weighted by Gasteiger charge is 2.53. The van der Waals surface area contributed by atoms with Gasteiger partial charge in [0.1, 0.15) is 0 Å². The largest absolute Gasteiger partial charge is 0.498 e. The predicted molar refractivity (Wildman–Crippen MR) is 78.8 cm³/mol. The lowest BCUT2D eigenvalue weighted by Gasteiger charge is -2.32. The number of thiophene rings is 1. The van der Waals surface area contributed by atoms with E-state index in [0.29, 0.717) is 5.47 Å². The van der Waals surface area contributed by atoms with Gasteiger partial charge in [0.25, 0.3) is 0 Å². The highest BCUT2D eigenvalue weighted by molar-refractivity contribution is 7.10. The Morgan fingerprint density at radius 3 is 2.11 bits per heavy atom. The fourth-order valence-electron chi connectivity index (χ4n) is 2.10. The Bertz CT molecular complexity index is 499. The minimum Gasteiger partial charge on any atom is -0.399 e. The van der Waals surface area contributed by atoms with Gasteiger partial charge < -0.3 is 9.31 Å². The molecule has 2 nitrogen and oxygen atoms in total. The summed E-state index contributed by atoms with van der Waals surface area (Å²) in [5.74, 6) is -0.250. The molecule has 0 unspecified atom stereocenters. The molecule has 19 heavy (non-hydrogen) atoms. The first-order valence-corrected chi connectivity index (χ1v) is 7.30. The first kappa shape index (κ1) is 14.8. The Hall–Kier alpha value is -0.645. The maximum Gasteiger partial charge on any atom is 0.498 e. The topological polar surface area (TPSA) is 18.5 Å². The van der Waals surface area contributed by atoms with Crippen LogP contribution in [0.2, 0.25) is 0 Å². The average molecular weight is 282 g/mol. The van der Waals surface area contributed by atoms with Gasteiger partial charge in [-0.2, -0.15) is 0 Å². The number of hydrogen-bond acceptors (Lipinski definition) is 3. The van der Waals surface area contributed by atoms with Crippen molar-refractivity contribution in [1.29, 1.82) is 0 Å². The molecule has 104 valence electrons. The van der Waals surface area contributed by atoms with Gasteiger partial charge in [-0.3, -0.25) is 0 Å². The van der Waals surface area contributed by atoms with E-state index < -0.39 is 18.3 Å². The van der Waals surface area contributed by atoms with Crippen molar-refractivity contribution in [2.75, 3.05) is 0 Å². The Labute approximate surface area is 118 Å². The summed E-state index contributed by atoms with van der Waals surface area (Å²) in [6, 6.07) is 1.92. The van der Waals surface area contributed by atoms with E-state index in [2.05, 4.69) is 0 Å². The summed E-state index contributed by atoms with van der Waals surface area (Å²) in [7, 11) is -0.650. The van der Waals surface area contributed by atoms with Crippen LogP contribution in [0.5, 0.6) is 0 Å². The minimum atomic E-state index is -0.650. The molecule has 0 saturated carbocycles. The van der Waals surface area contributed by atoms with E-state index in [4.69, 9.17) is 9.31 Å². The van der Waals surface area contributed by atoms with Crippen LogP contribution in [0, 0.1) is 6.92 Å². The molecule has 1 aliphatic heterocycles. The lowest BCUT2D eigenvalue weighted by molar-refractivity contribution is 0.00578. The van der Waals surface area contributed by atoms with Crippen LogP contribution < -0.4 is 0 Å². The minimum absolute atomic E-state index is 0.250. The van der Waals surface area contributed by atoms with Crippen LogP contribution in [0.3, 0.4) is 0 Å². The molecule has 0 aliphatic carbocycles. The van der Waals surface area contributed by atoms with Crippen LogP contribution >= 0.6 is 11.3 Å². The third-order valence-electron chi connectivity index (χ3n) is 4.01. The molecule has 1 aromatic rings. The second-order valence-corrected chi connectivity index (χ2v) is 7.05. The molecule has 0 amide bonds. The lowest BCUT2D eigenvalue weighted by atomic mass is 9.73. The molecule has 1 fully saturated rings. The fraction of sp³-hybridized carbons (Fsp3) is 0.571. The third kappa shape index (κ3) is 2.51. The molecule has 1 aliphatic rings. The molecule has 0 radical (unpaired) electrons. The van der Waals surface area contributed by atoms with Gasteiger partial charge in [-0.25, -0.2) is 4.39 Å². The number of allylic oxidation sites excluding steroid dienone is 1. The fourth-order valence-corrected chi connectivity index (χ4v) is 2.81. The summed E-state index contributed by atoms with van der Waals surface area (Å²) in [6.07, 6.45) is 0. The summed E-state index contributed by atoms with van der Waals surface area (Å²) in [5.41, 5.74) is 0.478. The van der Waals surface area contributed by atoms with Crippen molar-refractivity contribution in [3.63, 3.8) is 0 Å². The number of rotatable bonds is 2. The Kier molecular flexibility index (Phi) is 3.67. The molecule has 2 heterocycles. The number of aryl methyl sites for hydroxylation is 1. The summed E-state index contributed by atoms with van der Waals surface area (Å²) in [6.45, 7) is 11.3. The molecule has 1 saturated heterocycles. The van der Waals surface area contributed by atoms with Gasteiger partial charge in [0, 0.05) is 10.3 Å². The zero-order valence-electron chi connectivity index (χ0n) is 12.3. The molecule has 0 bridgehead atoms. The lowest BCUT2D eigenvalue weighted by Crippen LogP contribution is -2.41. The molecule has 0 spiro atoms. The number of hydrogen-bond donors (Lipinski definition) is 0. The Morgan fingerprint density at radius 1 is 1.21 bits per heavy atom. The molecule has 1 aromatic heterocycles. The van der Waals surface area contributed by atoms with Gasteiger partial charge in [0.2, 0.25) is 0 Å². The van der Waals surface area contributed by atoms with Crippen molar-refractivity contribution < 1.29 is 13.7 Å². The van der Waals surface area contributed by atoms with Gasteiger partial charge in [-0.1, -0.05) is 0 Å². The molecule has 0 N–H and O–H groups in total. The molecule has 5 heteroatoms. The van der Waals surface area contributed by atoms with E-state index in [1.165, 1.54) is 6.92 Å². The van der Waals surface area contributed by atoms with Gasteiger partial charge >= 0.3 is 7.12 Å². The smallest absolute Gasteiger partial charge is 0.399 e. The normalized spacial score (nSPS) is 22.6. The Morgan fingerprint density at radius 2 is 1.74 bits per heavy atom. The van der Waals surface area contributed by atoms with E-state index in [0.717, 1.165) is 10.4 Å². The van der Waals surface area contributed by atoms with Crippen molar-refractivity contribution in [2.24, 2.45) is 0 Å². The molecule has 2 rings (SSSR count). The van der Waals surface area contributed by atoms with Crippen molar-refractivity contribution >= 4 is 23.9 Å². The van der Waals surface area contributed by atoms with E-state index >= 15 is 0 Å². The monoisotopic (exact) mass is 282 g/mol. The average Bonchev–Trinajstić information content (AvgIpc) is 2.70. The quantitative estimate of drug-likeness (QED) is 0.749. The van der Waals surface area contributed by atoms with E-state index in [9.17, 15) is 4.39 Å². The highest BCUT2D eigenvalue weighted by Crippen LogP contribution is 2.42. The van der Waals surface area contributed by atoms with Crippen molar-refractivity contribution in [2.45, 2.75) is 52.7 Å². The van der Waals surface area contributed by atoms with Crippen LogP contribution in [-0.4, -0.2) is 18.3 Å². The first-order valence-electron chi connectivity index (χ1n) is 6.42. The second-order valence-electron chi connectivity index (χ2n) is 5.93. The summed E-state index contributed by atoms with van der Waals surface area (Å²) < 4.78 is 25.9. The van der Waals surface area contributed by atoms with Crippen LogP contribution in [0.1, 0.15) is 45.1 Å². The standard InChI is InChI=1S/C14H20BFO2S/c1-9(16)12(11-7-8-19-10(11)2)15-17-13(3,4)14(5,6)18-15/h7-8H,1-6H3. The summed E-state index contributed by atoms with van der Waals surface area (Å²) in [4.78, 5) is 1.07. The van der Waals surface area contributed by atoms with Gasteiger partial charge in [0.05, 0.1) is 17.0 Å². The van der Waals surface area contributed by atoms with Crippen LogP contribution in [0.4, 0.5) is 4.39 Å². The van der Waals surface area contributed by atoms with Crippen molar-refractivity contribution in [3.8, 4) is 0 Å². The highest BCUT2D eigenvalue weighted by atomic mass is 32.1. The zero-order valence-corrected chi connectivity index (χ0v) is 13.2. The summed E-state index contributed by atoms with van der Waals surface area (Å²) in [5, 5.41) is 1.96. The maximum atomic E-state index is 14.0. The predicted octanol–water partition coefficient (Wildman–Crippen LogP) is 4.39. The van der Waals surface area contributed by atoms with Crippen LogP contribution in [-0.2, 0) is 9.31 Å². The summed E-state index contributed by atoms with van der Waals surface area (Å²) >= 11 is 1.60. The van der Waals surface area contributed by atoms with Gasteiger partial charge in [-0.15, -0.1) is 11.3 Å². The zero-order chi connectivity index (χ0) is 14.4. The number of halogens is 1. The molecular weight excluding hydrogens is 262 g/mol. The third-order valence-corrected chi connectivity index (χ3v) is 4.85. The molecule has 0 aromatic carbocycles. The molecule has 0 atom stereocenters. The Balaban J connectivity index is 2.41. The van der Waals surface area contributed by atoms with Crippen LogP contribution in [0.15, 0.2) is 17.3 Å². The van der Waals surface area contributed by atoms with Gasteiger partial charge in [0.15, 0.2) is 0 Å². The van der Waals surface area contributed by atoms with Crippen LogP contribution in [0.25, 0.3) is 5.47 Å². The van der Waals surface area contributed by atoms with Crippen molar-refractivity contribution in [3.05, 3.63) is 27.7 Å². The maximum absolute atomic E-state index is 14.0. The van der Waals surface area contributed by atoms with Crippen molar-refractivity contribution in [1.82, 2.24) is 0 Å². The van der Waals surface area contributed by atoms with E-state index in [1.54, 1.807) is 11.3 Å². The second kappa shape index (κ2) is 4.72.